The monoisotopic (exact) mass is 374 g/mol. The summed E-state index contributed by atoms with van der Waals surface area (Å²) in [5, 5.41) is 8.79. The molecule has 0 spiro atoms. The van der Waals surface area contributed by atoms with Crippen molar-refractivity contribution in [1.82, 2.24) is 4.98 Å². The predicted molar refractivity (Wildman–Crippen MR) is 112 cm³/mol. The first-order valence-corrected chi connectivity index (χ1v) is 8.90. The van der Waals surface area contributed by atoms with Crippen molar-refractivity contribution in [2.45, 2.75) is 20.8 Å². The molecule has 1 heterocycles. The van der Waals surface area contributed by atoms with Crippen LogP contribution in [0.15, 0.2) is 60.8 Å². The second-order valence-corrected chi connectivity index (χ2v) is 6.57. The quantitative estimate of drug-likeness (QED) is 0.607. The molecule has 0 unspecified atom stereocenters. The number of nitrogens with zero attached hydrogens (tertiary/aromatic N) is 1. The molecule has 0 aliphatic carbocycles. The minimum absolute atomic E-state index is 0.139. The van der Waals surface area contributed by atoms with Gasteiger partial charge in [0.2, 0.25) is 5.91 Å². The number of hydrogen-bond acceptors (Lipinski definition) is 4. The Morgan fingerprint density at radius 1 is 0.821 bits per heavy atom. The first kappa shape index (κ1) is 19.1. The molecule has 0 saturated carbocycles. The highest BCUT2D eigenvalue weighted by molar-refractivity contribution is 6.04. The van der Waals surface area contributed by atoms with Crippen LogP contribution in [0.1, 0.15) is 28.4 Å². The lowest BCUT2D eigenvalue weighted by atomic mass is 10.1. The topological polar surface area (TPSA) is 83.1 Å². The summed E-state index contributed by atoms with van der Waals surface area (Å²) in [6.07, 6.45) is 1.58. The van der Waals surface area contributed by atoms with Crippen LogP contribution in [0.4, 0.5) is 22.9 Å². The minimum Gasteiger partial charge on any atom is -0.340 e. The van der Waals surface area contributed by atoms with Gasteiger partial charge in [-0.1, -0.05) is 12.1 Å². The lowest BCUT2D eigenvalue weighted by molar-refractivity contribution is -0.114. The van der Waals surface area contributed by atoms with Gasteiger partial charge in [-0.05, 0) is 67.4 Å². The summed E-state index contributed by atoms with van der Waals surface area (Å²) in [5.41, 5.74) is 4.98. The number of carbonyl (C=O) groups is 2. The normalized spacial score (nSPS) is 10.2. The number of aromatic nitrogens is 1. The third kappa shape index (κ3) is 4.94. The number of amides is 2. The molecule has 2 amide bonds. The van der Waals surface area contributed by atoms with E-state index >= 15 is 0 Å². The van der Waals surface area contributed by atoms with E-state index in [2.05, 4.69) is 20.9 Å². The van der Waals surface area contributed by atoms with Gasteiger partial charge < -0.3 is 16.0 Å². The van der Waals surface area contributed by atoms with Gasteiger partial charge in [-0.25, -0.2) is 4.98 Å². The highest BCUT2D eigenvalue weighted by atomic mass is 16.2. The molecule has 1 aromatic heterocycles. The summed E-state index contributed by atoms with van der Waals surface area (Å²) in [6, 6.07) is 16.4. The molecule has 0 radical (unpaired) electrons. The lowest BCUT2D eigenvalue weighted by Crippen LogP contribution is -2.12. The maximum atomic E-state index is 12.6. The van der Waals surface area contributed by atoms with E-state index in [1.165, 1.54) is 12.5 Å². The van der Waals surface area contributed by atoms with E-state index in [9.17, 15) is 9.59 Å². The van der Waals surface area contributed by atoms with E-state index in [-0.39, 0.29) is 11.8 Å². The highest BCUT2D eigenvalue weighted by Gasteiger charge is 2.09. The molecule has 6 nitrogen and oxygen atoms in total. The van der Waals surface area contributed by atoms with Crippen LogP contribution in [0.2, 0.25) is 0 Å². The van der Waals surface area contributed by atoms with Gasteiger partial charge in [-0.3, -0.25) is 9.59 Å². The average Bonchev–Trinajstić information content (AvgIpc) is 2.65. The van der Waals surface area contributed by atoms with Crippen molar-refractivity contribution >= 4 is 34.7 Å². The fourth-order valence-corrected chi connectivity index (χ4v) is 2.69. The highest BCUT2D eigenvalue weighted by Crippen LogP contribution is 2.20. The number of nitrogens with one attached hydrogen (secondary N) is 3. The Morgan fingerprint density at radius 2 is 1.57 bits per heavy atom. The maximum absolute atomic E-state index is 12.6. The van der Waals surface area contributed by atoms with Crippen molar-refractivity contribution in [3.05, 3.63) is 77.5 Å². The van der Waals surface area contributed by atoms with Crippen LogP contribution < -0.4 is 16.0 Å². The van der Waals surface area contributed by atoms with Crippen LogP contribution in [0.5, 0.6) is 0 Å². The smallest absolute Gasteiger partial charge is 0.255 e. The zero-order chi connectivity index (χ0) is 20.1. The van der Waals surface area contributed by atoms with Gasteiger partial charge in [-0.15, -0.1) is 0 Å². The largest absolute Gasteiger partial charge is 0.340 e. The summed E-state index contributed by atoms with van der Waals surface area (Å²) in [6.45, 7) is 5.50. The van der Waals surface area contributed by atoms with Crippen LogP contribution in [0.25, 0.3) is 0 Å². The van der Waals surface area contributed by atoms with Crippen LogP contribution in [0, 0.1) is 13.8 Å². The number of hydrogen-bond donors (Lipinski definition) is 3. The number of rotatable bonds is 5. The Morgan fingerprint density at radius 3 is 2.32 bits per heavy atom. The van der Waals surface area contributed by atoms with E-state index in [4.69, 9.17) is 0 Å². The van der Waals surface area contributed by atoms with Crippen LogP contribution in [-0.4, -0.2) is 16.8 Å². The molecule has 0 aliphatic rings. The van der Waals surface area contributed by atoms with Gasteiger partial charge in [0.05, 0.1) is 0 Å². The minimum atomic E-state index is -0.208. The Kier molecular flexibility index (Phi) is 5.69. The third-order valence-corrected chi connectivity index (χ3v) is 4.24. The number of benzene rings is 2. The molecule has 0 saturated heterocycles. The van der Waals surface area contributed by atoms with Crippen LogP contribution in [0.3, 0.4) is 0 Å². The third-order valence-electron chi connectivity index (χ3n) is 4.24. The summed E-state index contributed by atoms with van der Waals surface area (Å²) >= 11 is 0. The number of carbonyl (C=O) groups excluding carboxylic acids is 2. The molecule has 3 aromatic rings. The standard InChI is InChI=1S/C22H22N4O2/c1-14-7-8-20(11-15(14)2)26-22(28)17-9-10-23-21(12-17)25-19-6-4-5-18(13-19)24-16(3)27/h4-13H,1-3H3,(H,23,25)(H,24,27)(H,26,28). The zero-order valence-electron chi connectivity index (χ0n) is 16.0. The zero-order valence-corrected chi connectivity index (χ0v) is 16.0. The number of aryl methyl sites for hydroxylation is 2. The van der Waals surface area contributed by atoms with Gasteiger partial charge in [0.25, 0.3) is 5.91 Å². The van der Waals surface area contributed by atoms with Gasteiger partial charge in [0.1, 0.15) is 5.82 Å². The van der Waals surface area contributed by atoms with E-state index in [0.29, 0.717) is 17.1 Å². The van der Waals surface area contributed by atoms with Crippen molar-refractivity contribution in [2.75, 3.05) is 16.0 Å². The Hall–Kier alpha value is -3.67. The summed E-state index contributed by atoms with van der Waals surface area (Å²) in [4.78, 5) is 28.0. The van der Waals surface area contributed by atoms with Gasteiger partial charge in [0, 0.05) is 35.7 Å². The fraction of sp³-hybridized carbons (Fsp3) is 0.136. The predicted octanol–water partition coefficient (Wildman–Crippen LogP) is 4.65. The number of anilines is 4. The average molecular weight is 374 g/mol. The van der Waals surface area contributed by atoms with E-state index in [1.807, 2.05) is 44.2 Å². The van der Waals surface area contributed by atoms with E-state index in [0.717, 1.165) is 16.9 Å². The molecule has 6 heteroatoms. The molecule has 0 fully saturated rings. The molecule has 3 N–H and O–H groups in total. The SMILES string of the molecule is CC(=O)Nc1cccc(Nc2cc(C(=O)Nc3ccc(C)c(C)c3)ccn2)c1. The molecule has 142 valence electrons. The second kappa shape index (κ2) is 8.35. The molecule has 2 aromatic carbocycles. The molecule has 0 aliphatic heterocycles. The molecular formula is C22H22N4O2. The number of pyridine rings is 1. The molecule has 28 heavy (non-hydrogen) atoms. The van der Waals surface area contributed by atoms with Gasteiger partial charge >= 0.3 is 0 Å². The maximum Gasteiger partial charge on any atom is 0.255 e. The first-order valence-electron chi connectivity index (χ1n) is 8.90. The molecule has 3 rings (SSSR count). The first-order chi connectivity index (χ1) is 13.4. The van der Waals surface area contributed by atoms with E-state index in [1.54, 1.807) is 30.5 Å². The van der Waals surface area contributed by atoms with Crippen LogP contribution in [-0.2, 0) is 4.79 Å². The van der Waals surface area contributed by atoms with Gasteiger partial charge in [-0.2, -0.15) is 0 Å². The van der Waals surface area contributed by atoms with Crippen molar-refractivity contribution in [3.8, 4) is 0 Å². The summed E-state index contributed by atoms with van der Waals surface area (Å²) in [5.74, 6) is 0.189. The Labute approximate surface area is 164 Å². The molecular weight excluding hydrogens is 352 g/mol. The fourth-order valence-electron chi connectivity index (χ4n) is 2.69. The lowest BCUT2D eigenvalue weighted by Gasteiger charge is -2.10. The summed E-state index contributed by atoms with van der Waals surface area (Å²) in [7, 11) is 0. The van der Waals surface area contributed by atoms with Crippen molar-refractivity contribution < 1.29 is 9.59 Å². The van der Waals surface area contributed by atoms with Crippen molar-refractivity contribution in [3.63, 3.8) is 0 Å². The Balaban J connectivity index is 1.73. The van der Waals surface area contributed by atoms with Gasteiger partial charge in [0.15, 0.2) is 0 Å². The van der Waals surface area contributed by atoms with Crippen molar-refractivity contribution in [1.29, 1.82) is 0 Å². The Bertz CT molecular complexity index is 1030. The van der Waals surface area contributed by atoms with Crippen LogP contribution >= 0.6 is 0 Å². The summed E-state index contributed by atoms with van der Waals surface area (Å²) < 4.78 is 0. The molecule has 0 bridgehead atoms. The van der Waals surface area contributed by atoms with Crippen molar-refractivity contribution in [2.24, 2.45) is 0 Å². The molecule has 0 atom stereocenters. The second-order valence-electron chi connectivity index (χ2n) is 6.57. The van der Waals surface area contributed by atoms with E-state index < -0.39 is 0 Å².